The first-order valence-electron chi connectivity index (χ1n) is 6.91. The Hall–Kier alpha value is -1.37. The zero-order valence-electron chi connectivity index (χ0n) is 11.2. The van der Waals surface area contributed by atoms with Crippen molar-refractivity contribution in [1.29, 1.82) is 0 Å². The maximum atomic E-state index is 9.09. The summed E-state index contributed by atoms with van der Waals surface area (Å²) in [4.78, 5) is 7.05. The van der Waals surface area contributed by atoms with Crippen LogP contribution in [-0.2, 0) is 0 Å². The van der Waals surface area contributed by atoms with Gasteiger partial charge in [0, 0.05) is 24.0 Å². The smallest absolute Gasteiger partial charge is 0.423 e. The quantitative estimate of drug-likeness (QED) is 0.840. The third-order valence-electron chi connectivity index (χ3n) is 3.62. The molecular formula is C14H17BN2O2S. The van der Waals surface area contributed by atoms with Crippen molar-refractivity contribution in [3.8, 4) is 11.3 Å². The summed E-state index contributed by atoms with van der Waals surface area (Å²) in [5.41, 5.74) is 2.46. The highest BCUT2D eigenvalue weighted by Crippen LogP contribution is 2.28. The lowest BCUT2D eigenvalue weighted by Crippen LogP contribution is -2.29. The molecule has 0 atom stereocenters. The number of piperidine rings is 1. The summed E-state index contributed by atoms with van der Waals surface area (Å²) < 4.78 is 0. The summed E-state index contributed by atoms with van der Waals surface area (Å²) in [5.74, 6) is 0. The Morgan fingerprint density at radius 2 is 1.75 bits per heavy atom. The minimum Gasteiger partial charge on any atom is -0.423 e. The van der Waals surface area contributed by atoms with Crippen molar-refractivity contribution in [1.82, 2.24) is 4.98 Å². The molecule has 4 nitrogen and oxygen atoms in total. The van der Waals surface area contributed by atoms with Gasteiger partial charge in [0.05, 0.1) is 5.69 Å². The predicted molar refractivity (Wildman–Crippen MR) is 83.4 cm³/mol. The lowest BCUT2D eigenvalue weighted by Gasteiger charge is -2.25. The van der Waals surface area contributed by atoms with Crippen molar-refractivity contribution < 1.29 is 10.0 Å². The first-order valence-corrected chi connectivity index (χ1v) is 7.79. The molecule has 0 unspecified atom stereocenters. The van der Waals surface area contributed by atoms with E-state index in [1.165, 1.54) is 19.3 Å². The van der Waals surface area contributed by atoms with E-state index < -0.39 is 7.12 Å². The molecule has 0 amide bonds. The third kappa shape index (κ3) is 2.87. The monoisotopic (exact) mass is 288 g/mol. The normalized spacial score (nSPS) is 15.4. The van der Waals surface area contributed by atoms with Gasteiger partial charge in [0.15, 0.2) is 5.13 Å². The van der Waals surface area contributed by atoms with E-state index in [9.17, 15) is 0 Å². The number of anilines is 1. The lowest BCUT2D eigenvalue weighted by molar-refractivity contribution is 0.426. The Morgan fingerprint density at radius 3 is 2.40 bits per heavy atom. The van der Waals surface area contributed by atoms with Crippen LogP contribution >= 0.6 is 11.3 Å². The molecule has 2 N–H and O–H groups in total. The van der Waals surface area contributed by atoms with Crippen molar-refractivity contribution >= 4 is 29.0 Å². The summed E-state index contributed by atoms with van der Waals surface area (Å²) in [5, 5.41) is 21.3. The van der Waals surface area contributed by atoms with E-state index in [-0.39, 0.29) is 0 Å². The van der Waals surface area contributed by atoms with Gasteiger partial charge in [0.2, 0.25) is 0 Å². The fraction of sp³-hybridized carbons (Fsp3) is 0.357. The molecule has 2 aromatic rings. The number of hydrogen-bond donors (Lipinski definition) is 2. The molecule has 6 heteroatoms. The molecule has 1 aliphatic heterocycles. The molecule has 104 valence electrons. The molecule has 0 spiro atoms. The lowest BCUT2D eigenvalue weighted by atomic mass is 9.80. The molecule has 0 bridgehead atoms. The number of hydrogen-bond acceptors (Lipinski definition) is 5. The van der Waals surface area contributed by atoms with Crippen LogP contribution in [0, 0.1) is 0 Å². The molecule has 0 aliphatic carbocycles. The van der Waals surface area contributed by atoms with Crippen LogP contribution in [0.2, 0.25) is 0 Å². The molecule has 1 fully saturated rings. The van der Waals surface area contributed by atoms with Crippen LogP contribution in [0.25, 0.3) is 11.3 Å². The summed E-state index contributed by atoms with van der Waals surface area (Å²) in [6, 6.07) is 7.20. The molecular weight excluding hydrogens is 271 g/mol. The minimum atomic E-state index is -1.41. The highest BCUT2D eigenvalue weighted by molar-refractivity contribution is 7.14. The van der Waals surface area contributed by atoms with Crippen LogP contribution in [0.4, 0.5) is 5.13 Å². The molecule has 0 radical (unpaired) electrons. The van der Waals surface area contributed by atoms with Gasteiger partial charge in [-0.25, -0.2) is 4.98 Å². The average Bonchev–Trinajstić information content (AvgIpc) is 2.98. The van der Waals surface area contributed by atoms with E-state index in [0.717, 1.165) is 29.5 Å². The van der Waals surface area contributed by atoms with Gasteiger partial charge in [-0.3, -0.25) is 0 Å². The molecule has 2 heterocycles. The predicted octanol–water partition coefficient (Wildman–Crippen LogP) is 1.48. The number of benzene rings is 1. The van der Waals surface area contributed by atoms with Crippen LogP contribution in [0.1, 0.15) is 19.3 Å². The molecule has 1 aromatic carbocycles. The third-order valence-corrected chi connectivity index (χ3v) is 4.52. The fourth-order valence-corrected chi connectivity index (χ4v) is 3.34. The Kier molecular flexibility index (Phi) is 4.05. The van der Waals surface area contributed by atoms with E-state index in [2.05, 4.69) is 10.3 Å². The van der Waals surface area contributed by atoms with E-state index in [4.69, 9.17) is 15.0 Å². The van der Waals surface area contributed by atoms with Crippen LogP contribution in [0.3, 0.4) is 0 Å². The van der Waals surface area contributed by atoms with Crippen LogP contribution in [0.15, 0.2) is 29.6 Å². The van der Waals surface area contributed by atoms with E-state index in [1.807, 2.05) is 12.1 Å². The average molecular weight is 288 g/mol. The number of aromatic nitrogens is 1. The summed E-state index contributed by atoms with van der Waals surface area (Å²) in [6.07, 6.45) is 3.82. The van der Waals surface area contributed by atoms with Gasteiger partial charge in [-0.15, -0.1) is 11.3 Å². The van der Waals surface area contributed by atoms with E-state index >= 15 is 0 Å². The zero-order valence-corrected chi connectivity index (χ0v) is 12.0. The minimum absolute atomic E-state index is 0.500. The Bertz CT molecular complexity index is 565. The second-order valence-corrected chi connectivity index (χ2v) is 5.90. The van der Waals surface area contributed by atoms with Gasteiger partial charge in [-0.1, -0.05) is 24.3 Å². The van der Waals surface area contributed by atoms with Crippen molar-refractivity contribution in [2.45, 2.75) is 19.3 Å². The second-order valence-electron chi connectivity index (χ2n) is 5.06. The van der Waals surface area contributed by atoms with E-state index in [1.54, 1.807) is 23.5 Å². The van der Waals surface area contributed by atoms with Gasteiger partial charge in [-0.05, 0) is 24.7 Å². The molecule has 20 heavy (non-hydrogen) atoms. The molecule has 1 aromatic heterocycles. The highest BCUT2D eigenvalue weighted by Gasteiger charge is 2.15. The van der Waals surface area contributed by atoms with Crippen molar-refractivity contribution in [3.63, 3.8) is 0 Å². The van der Waals surface area contributed by atoms with Crippen LogP contribution in [-0.4, -0.2) is 35.2 Å². The van der Waals surface area contributed by atoms with E-state index in [0.29, 0.717) is 5.46 Å². The highest BCUT2D eigenvalue weighted by atomic mass is 32.1. The topological polar surface area (TPSA) is 56.6 Å². The molecule has 0 saturated carbocycles. The van der Waals surface area contributed by atoms with Crippen LogP contribution in [0.5, 0.6) is 0 Å². The maximum Gasteiger partial charge on any atom is 0.488 e. The van der Waals surface area contributed by atoms with Crippen molar-refractivity contribution in [3.05, 3.63) is 29.6 Å². The van der Waals surface area contributed by atoms with Gasteiger partial charge >= 0.3 is 7.12 Å². The Morgan fingerprint density at radius 1 is 1.05 bits per heavy atom. The summed E-state index contributed by atoms with van der Waals surface area (Å²) in [6.45, 7) is 2.20. The summed E-state index contributed by atoms with van der Waals surface area (Å²) >= 11 is 1.68. The Balaban J connectivity index is 1.78. The molecule has 1 aliphatic rings. The number of thiazole rings is 1. The number of nitrogens with zero attached hydrogens (tertiary/aromatic N) is 2. The van der Waals surface area contributed by atoms with Crippen molar-refractivity contribution in [2.75, 3.05) is 18.0 Å². The van der Waals surface area contributed by atoms with Gasteiger partial charge in [0.25, 0.3) is 0 Å². The first-order chi connectivity index (χ1) is 9.74. The van der Waals surface area contributed by atoms with Gasteiger partial charge in [0.1, 0.15) is 0 Å². The zero-order chi connectivity index (χ0) is 13.9. The van der Waals surface area contributed by atoms with Gasteiger partial charge in [-0.2, -0.15) is 0 Å². The summed E-state index contributed by atoms with van der Waals surface area (Å²) in [7, 11) is -1.41. The first kappa shape index (κ1) is 13.6. The fourth-order valence-electron chi connectivity index (χ4n) is 2.45. The molecule has 1 saturated heterocycles. The Labute approximate surface area is 122 Å². The van der Waals surface area contributed by atoms with Gasteiger partial charge < -0.3 is 14.9 Å². The maximum absolute atomic E-state index is 9.09. The standard InChI is InChI=1S/C14H17BN2O2S/c18-15(19)12-6-4-11(5-7-12)13-10-20-14(16-13)17-8-2-1-3-9-17/h4-7,10,18-19H,1-3,8-9H2. The SMILES string of the molecule is OB(O)c1ccc(-c2csc(N3CCCCC3)n2)cc1. The second kappa shape index (κ2) is 5.95. The van der Waals surface area contributed by atoms with Crippen LogP contribution < -0.4 is 10.4 Å². The molecule has 3 rings (SSSR count). The largest absolute Gasteiger partial charge is 0.488 e. The van der Waals surface area contributed by atoms with Crippen molar-refractivity contribution in [2.24, 2.45) is 0 Å². The number of rotatable bonds is 3.